The Kier molecular flexibility index (Phi) is 6.92. The number of piperidine rings is 1. The SMILES string of the molecule is CCNC(=O)N1CCC(N2CCc3ccccc3C2CC(=O)NCc2ccco2)CC1. The van der Waals surface area contributed by atoms with Crippen molar-refractivity contribution in [2.75, 3.05) is 26.2 Å². The Morgan fingerprint density at radius 2 is 1.87 bits per heavy atom. The first-order valence-corrected chi connectivity index (χ1v) is 11.3. The number of amides is 3. The molecule has 4 rings (SSSR count). The molecule has 3 heterocycles. The minimum atomic E-state index is 0.0267. The molecule has 7 heteroatoms. The van der Waals surface area contributed by atoms with Gasteiger partial charge in [-0.05, 0) is 49.4 Å². The molecular weight excluding hydrogens is 392 g/mol. The number of nitrogens with zero attached hydrogens (tertiary/aromatic N) is 2. The van der Waals surface area contributed by atoms with Crippen LogP contribution in [0.4, 0.5) is 4.79 Å². The number of fused-ring (bicyclic) bond motifs is 1. The van der Waals surface area contributed by atoms with E-state index in [0.717, 1.165) is 44.7 Å². The van der Waals surface area contributed by atoms with Crippen molar-refractivity contribution >= 4 is 11.9 Å². The van der Waals surface area contributed by atoms with Gasteiger partial charge in [-0.15, -0.1) is 0 Å². The molecule has 3 amide bonds. The van der Waals surface area contributed by atoms with Crippen LogP contribution in [0.5, 0.6) is 0 Å². The fourth-order valence-corrected chi connectivity index (χ4v) is 4.85. The number of benzene rings is 1. The predicted molar refractivity (Wildman–Crippen MR) is 118 cm³/mol. The monoisotopic (exact) mass is 424 g/mol. The number of carbonyl (C=O) groups is 2. The molecule has 2 aliphatic rings. The summed E-state index contributed by atoms with van der Waals surface area (Å²) in [6, 6.07) is 12.6. The van der Waals surface area contributed by atoms with Gasteiger partial charge in [0, 0.05) is 44.7 Å². The number of urea groups is 1. The van der Waals surface area contributed by atoms with Crippen molar-refractivity contribution in [3.63, 3.8) is 0 Å². The van der Waals surface area contributed by atoms with E-state index in [1.807, 2.05) is 24.0 Å². The molecule has 0 bridgehead atoms. The van der Waals surface area contributed by atoms with Crippen LogP contribution in [0, 0.1) is 0 Å². The lowest BCUT2D eigenvalue weighted by molar-refractivity contribution is -0.123. The summed E-state index contributed by atoms with van der Waals surface area (Å²) >= 11 is 0. The average Bonchev–Trinajstić information content (AvgIpc) is 3.32. The number of hydrogen-bond acceptors (Lipinski definition) is 4. The second kappa shape index (κ2) is 10.0. The Balaban J connectivity index is 1.43. The number of carbonyl (C=O) groups excluding carboxylic acids is 2. The van der Waals surface area contributed by atoms with Gasteiger partial charge in [0.25, 0.3) is 0 Å². The molecule has 0 saturated carbocycles. The van der Waals surface area contributed by atoms with Crippen molar-refractivity contribution in [2.45, 2.75) is 51.2 Å². The van der Waals surface area contributed by atoms with Gasteiger partial charge >= 0.3 is 6.03 Å². The van der Waals surface area contributed by atoms with Crippen molar-refractivity contribution in [2.24, 2.45) is 0 Å². The Labute approximate surface area is 183 Å². The van der Waals surface area contributed by atoms with E-state index in [2.05, 4.69) is 39.8 Å². The van der Waals surface area contributed by atoms with Gasteiger partial charge in [0.1, 0.15) is 5.76 Å². The molecule has 1 unspecified atom stereocenters. The number of nitrogens with one attached hydrogen (secondary N) is 2. The highest BCUT2D eigenvalue weighted by Gasteiger charge is 2.35. The highest BCUT2D eigenvalue weighted by atomic mass is 16.3. The van der Waals surface area contributed by atoms with Crippen LogP contribution in [0.15, 0.2) is 47.1 Å². The molecule has 2 aromatic rings. The second-order valence-electron chi connectivity index (χ2n) is 8.32. The van der Waals surface area contributed by atoms with Gasteiger partial charge in [0.15, 0.2) is 0 Å². The van der Waals surface area contributed by atoms with Crippen LogP contribution in [0.3, 0.4) is 0 Å². The molecular formula is C24H32N4O3. The van der Waals surface area contributed by atoms with E-state index in [1.54, 1.807) is 6.26 Å². The first-order valence-electron chi connectivity index (χ1n) is 11.3. The summed E-state index contributed by atoms with van der Waals surface area (Å²) in [5.41, 5.74) is 2.59. The predicted octanol–water partition coefficient (Wildman–Crippen LogP) is 3.08. The van der Waals surface area contributed by atoms with Gasteiger partial charge in [0.05, 0.1) is 12.8 Å². The van der Waals surface area contributed by atoms with Crippen LogP contribution < -0.4 is 10.6 Å². The molecule has 2 aliphatic heterocycles. The minimum absolute atomic E-state index is 0.0267. The number of furan rings is 1. The molecule has 0 spiro atoms. The molecule has 31 heavy (non-hydrogen) atoms. The highest BCUT2D eigenvalue weighted by Crippen LogP contribution is 2.36. The van der Waals surface area contributed by atoms with Gasteiger partial charge in [0.2, 0.25) is 5.91 Å². The molecule has 1 aromatic carbocycles. The Morgan fingerprint density at radius 3 is 2.61 bits per heavy atom. The molecule has 0 radical (unpaired) electrons. The zero-order valence-electron chi connectivity index (χ0n) is 18.2. The minimum Gasteiger partial charge on any atom is -0.467 e. The fourth-order valence-electron chi connectivity index (χ4n) is 4.85. The van der Waals surface area contributed by atoms with Gasteiger partial charge in [-0.2, -0.15) is 0 Å². The third kappa shape index (κ3) is 5.10. The van der Waals surface area contributed by atoms with E-state index < -0.39 is 0 Å². The van der Waals surface area contributed by atoms with Crippen molar-refractivity contribution in [1.82, 2.24) is 20.4 Å². The zero-order valence-corrected chi connectivity index (χ0v) is 18.2. The maximum absolute atomic E-state index is 12.8. The van der Waals surface area contributed by atoms with E-state index in [1.165, 1.54) is 11.1 Å². The van der Waals surface area contributed by atoms with Crippen molar-refractivity contribution < 1.29 is 14.0 Å². The van der Waals surface area contributed by atoms with Crippen LogP contribution in [0.25, 0.3) is 0 Å². The second-order valence-corrected chi connectivity index (χ2v) is 8.32. The van der Waals surface area contributed by atoms with Crippen LogP contribution in [0.1, 0.15) is 49.1 Å². The van der Waals surface area contributed by atoms with Gasteiger partial charge in [-0.25, -0.2) is 4.79 Å². The quantitative estimate of drug-likeness (QED) is 0.747. The summed E-state index contributed by atoms with van der Waals surface area (Å²) in [4.78, 5) is 29.4. The van der Waals surface area contributed by atoms with Crippen LogP contribution in [0.2, 0.25) is 0 Å². The average molecular weight is 425 g/mol. The fraction of sp³-hybridized carbons (Fsp3) is 0.500. The number of likely N-dealkylation sites (tertiary alicyclic amines) is 1. The van der Waals surface area contributed by atoms with E-state index in [-0.39, 0.29) is 18.0 Å². The molecule has 2 N–H and O–H groups in total. The van der Waals surface area contributed by atoms with E-state index in [0.29, 0.717) is 25.6 Å². The van der Waals surface area contributed by atoms with Crippen molar-refractivity contribution in [3.8, 4) is 0 Å². The van der Waals surface area contributed by atoms with Gasteiger partial charge < -0.3 is 20.0 Å². The summed E-state index contributed by atoms with van der Waals surface area (Å²) in [6.45, 7) is 5.45. The molecule has 0 aliphatic carbocycles. The smallest absolute Gasteiger partial charge is 0.317 e. The van der Waals surface area contributed by atoms with Crippen LogP contribution in [-0.4, -0.2) is 54.0 Å². The molecule has 166 valence electrons. The van der Waals surface area contributed by atoms with E-state index in [9.17, 15) is 9.59 Å². The number of rotatable bonds is 6. The van der Waals surface area contributed by atoms with Crippen LogP contribution >= 0.6 is 0 Å². The lowest BCUT2D eigenvalue weighted by Crippen LogP contribution is -2.52. The summed E-state index contributed by atoms with van der Waals surface area (Å²) in [6.07, 6.45) is 4.91. The Hall–Kier alpha value is -2.80. The van der Waals surface area contributed by atoms with Crippen LogP contribution in [-0.2, 0) is 17.8 Å². The summed E-state index contributed by atoms with van der Waals surface area (Å²) in [5, 5.41) is 5.90. The molecule has 7 nitrogen and oxygen atoms in total. The summed E-state index contributed by atoms with van der Waals surface area (Å²) in [7, 11) is 0. The third-order valence-electron chi connectivity index (χ3n) is 6.42. The van der Waals surface area contributed by atoms with Crippen molar-refractivity contribution in [3.05, 3.63) is 59.5 Å². The standard InChI is InChI=1S/C24H32N4O3/c1-2-25-24(30)27-12-10-19(11-13-27)28-14-9-18-6-3-4-8-21(18)22(28)16-23(29)26-17-20-7-5-15-31-20/h3-8,15,19,22H,2,9-14,16-17H2,1H3,(H,25,30)(H,26,29). The highest BCUT2D eigenvalue weighted by molar-refractivity contribution is 5.77. The first-order chi connectivity index (χ1) is 15.2. The molecule has 1 saturated heterocycles. The lowest BCUT2D eigenvalue weighted by atomic mass is 9.87. The largest absolute Gasteiger partial charge is 0.467 e. The lowest BCUT2D eigenvalue weighted by Gasteiger charge is -2.45. The number of hydrogen-bond donors (Lipinski definition) is 2. The maximum Gasteiger partial charge on any atom is 0.317 e. The van der Waals surface area contributed by atoms with Crippen molar-refractivity contribution in [1.29, 1.82) is 0 Å². The van der Waals surface area contributed by atoms with Gasteiger partial charge in [-0.1, -0.05) is 24.3 Å². The first kappa shape index (κ1) is 21.4. The third-order valence-corrected chi connectivity index (χ3v) is 6.42. The Morgan fingerprint density at radius 1 is 1.06 bits per heavy atom. The molecule has 1 aromatic heterocycles. The van der Waals surface area contributed by atoms with E-state index in [4.69, 9.17) is 4.42 Å². The Bertz CT molecular complexity index is 875. The summed E-state index contributed by atoms with van der Waals surface area (Å²) in [5.74, 6) is 0.787. The molecule has 1 atom stereocenters. The summed E-state index contributed by atoms with van der Waals surface area (Å²) < 4.78 is 5.33. The van der Waals surface area contributed by atoms with E-state index >= 15 is 0 Å². The van der Waals surface area contributed by atoms with Gasteiger partial charge in [-0.3, -0.25) is 9.69 Å². The normalized spacial score (nSPS) is 19.6. The zero-order chi connectivity index (χ0) is 21.6. The topological polar surface area (TPSA) is 77.8 Å². The molecule has 1 fully saturated rings. The maximum atomic E-state index is 12.8.